The molecule has 0 saturated heterocycles. The quantitative estimate of drug-likeness (QED) is 0.709. The molecule has 0 N–H and O–H groups in total. The van der Waals surface area contributed by atoms with Gasteiger partial charge in [0.2, 0.25) is 0 Å². The molecule has 1 atom stereocenters. The second kappa shape index (κ2) is 8.83. The van der Waals surface area contributed by atoms with E-state index in [4.69, 9.17) is 10.00 Å². The monoisotopic (exact) mass is 382 g/mol. The van der Waals surface area contributed by atoms with Crippen molar-refractivity contribution < 1.29 is 14.3 Å². The van der Waals surface area contributed by atoms with Gasteiger partial charge in [-0.25, -0.2) is 4.79 Å². The van der Waals surface area contributed by atoms with E-state index in [1.54, 1.807) is 12.1 Å². The highest BCUT2D eigenvalue weighted by atomic mass is 32.1. The molecule has 140 valence electrons. The molecular weight excluding hydrogens is 360 g/mol. The van der Waals surface area contributed by atoms with E-state index in [0.717, 1.165) is 19.3 Å². The number of rotatable bonds is 6. The summed E-state index contributed by atoms with van der Waals surface area (Å²) in [4.78, 5) is 28.3. The molecule has 1 aromatic heterocycles. The van der Waals surface area contributed by atoms with Crippen molar-refractivity contribution >= 4 is 28.9 Å². The van der Waals surface area contributed by atoms with Gasteiger partial charge in [-0.1, -0.05) is 25.1 Å². The first kappa shape index (κ1) is 19.1. The zero-order chi connectivity index (χ0) is 19.2. The summed E-state index contributed by atoms with van der Waals surface area (Å²) < 4.78 is 5.27. The normalized spacial score (nSPS) is 15.5. The Labute approximate surface area is 163 Å². The van der Waals surface area contributed by atoms with Crippen LogP contribution < -0.4 is 4.90 Å². The van der Waals surface area contributed by atoms with E-state index in [2.05, 4.69) is 6.92 Å². The topological polar surface area (TPSA) is 70.4 Å². The number of nitrogens with zero attached hydrogens (tertiary/aromatic N) is 2. The second-order valence-corrected chi connectivity index (χ2v) is 7.91. The molecule has 1 aliphatic carbocycles. The number of carbonyl (C=O) groups excluding carboxylic acids is 2. The highest BCUT2D eigenvalue weighted by Crippen LogP contribution is 2.32. The van der Waals surface area contributed by atoms with Gasteiger partial charge in [-0.2, -0.15) is 5.26 Å². The zero-order valence-corrected chi connectivity index (χ0v) is 16.1. The van der Waals surface area contributed by atoms with E-state index < -0.39 is 5.97 Å². The number of nitriles is 1. The summed E-state index contributed by atoms with van der Waals surface area (Å²) in [5, 5.41) is 8.84. The van der Waals surface area contributed by atoms with Gasteiger partial charge in [0.25, 0.3) is 5.91 Å². The Bertz CT molecular complexity index is 854. The van der Waals surface area contributed by atoms with Gasteiger partial charge in [0.1, 0.15) is 4.88 Å². The van der Waals surface area contributed by atoms with Crippen molar-refractivity contribution in [3.63, 3.8) is 0 Å². The Kier molecular flexibility index (Phi) is 6.25. The van der Waals surface area contributed by atoms with Crippen LogP contribution in [0.3, 0.4) is 0 Å². The van der Waals surface area contributed by atoms with E-state index in [9.17, 15) is 9.59 Å². The lowest BCUT2D eigenvalue weighted by Crippen LogP contribution is -2.35. The Morgan fingerprint density at radius 3 is 2.85 bits per heavy atom. The smallest absolute Gasteiger partial charge is 0.348 e. The van der Waals surface area contributed by atoms with E-state index in [-0.39, 0.29) is 25.5 Å². The number of hydrogen-bond acceptors (Lipinski definition) is 5. The molecule has 0 aliphatic heterocycles. The summed E-state index contributed by atoms with van der Waals surface area (Å²) in [6, 6.07) is 13.1. The van der Waals surface area contributed by atoms with Crippen molar-refractivity contribution in [3.05, 3.63) is 51.7 Å². The lowest BCUT2D eigenvalue weighted by molar-refractivity contribution is -0.121. The molecule has 0 radical (unpaired) electrons. The van der Waals surface area contributed by atoms with Crippen molar-refractivity contribution in [2.75, 3.05) is 18.1 Å². The van der Waals surface area contributed by atoms with Crippen molar-refractivity contribution in [2.24, 2.45) is 5.92 Å². The number of benzene rings is 1. The van der Waals surface area contributed by atoms with Crippen LogP contribution >= 0.6 is 11.3 Å². The molecule has 1 amide bonds. The van der Waals surface area contributed by atoms with E-state index in [1.165, 1.54) is 26.7 Å². The van der Waals surface area contributed by atoms with Crippen molar-refractivity contribution in [3.8, 4) is 6.07 Å². The van der Waals surface area contributed by atoms with Gasteiger partial charge in [-0.05, 0) is 48.9 Å². The van der Waals surface area contributed by atoms with Gasteiger partial charge in [-0.3, -0.25) is 4.79 Å². The number of fused-ring (bicyclic) bond motifs is 1. The van der Waals surface area contributed by atoms with Crippen LogP contribution in [-0.4, -0.2) is 25.0 Å². The molecule has 0 unspecified atom stereocenters. The predicted molar refractivity (Wildman–Crippen MR) is 105 cm³/mol. The Balaban J connectivity index is 1.63. The molecule has 0 fully saturated rings. The van der Waals surface area contributed by atoms with Crippen LogP contribution in [0, 0.1) is 17.2 Å². The molecule has 0 spiro atoms. The van der Waals surface area contributed by atoms with Crippen molar-refractivity contribution in [1.82, 2.24) is 0 Å². The lowest BCUT2D eigenvalue weighted by Gasteiger charge is -2.21. The summed E-state index contributed by atoms with van der Waals surface area (Å²) in [6.07, 6.45) is 3.35. The molecule has 0 bridgehead atoms. The van der Waals surface area contributed by atoms with Crippen LogP contribution in [0.25, 0.3) is 0 Å². The van der Waals surface area contributed by atoms with Crippen LogP contribution in [0.4, 0.5) is 5.69 Å². The average Bonchev–Trinajstić information content (AvgIpc) is 3.10. The predicted octanol–water partition coefficient (Wildman–Crippen LogP) is 3.98. The molecule has 1 aromatic carbocycles. The number of aryl methyl sites for hydroxylation is 1. The molecule has 2 aromatic rings. The largest absolute Gasteiger partial charge is 0.451 e. The summed E-state index contributed by atoms with van der Waals surface area (Å²) >= 11 is 1.47. The van der Waals surface area contributed by atoms with Gasteiger partial charge in [-0.15, -0.1) is 11.3 Å². The van der Waals surface area contributed by atoms with Crippen LogP contribution in [0.5, 0.6) is 0 Å². The fourth-order valence-corrected chi connectivity index (χ4v) is 4.35. The van der Waals surface area contributed by atoms with Crippen LogP contribution in [0.2, 0.25) is 0 Å². The van der Waals surface area contributed by atoms with E-state index >= 15 is 0 Å². The van der Waals surface area contributed by atoms with E-state index in [1.807, 2.05) is 30.3 Å². The maximum atomic E-state index is 12.6. The lowest BCUT2D eigenvalue weighted by atomic mass is 9.90. The molecule has 27 heavy (non-hydrogen) atoms. The highest BCUT2D eigenvalue weighted by molar-refractivity contribution is 7.14. The Hall–Kier alpha value is -2.65. The number of amides is 1. The molecule has 3 rings (SSSR count). The van der Waals surface area contributed by atoms with Gasteiger partial charge < -0.3 is 9.64 Å². The number of esters is 1. The first-order chi connectivity index (χ1) is 13.1. The SMILES string of the molecule is C[C@@H]1CCc2sc(C(=O)OCC(=O)N(CCC#N)c3ccccc3)cc2C1. The number of ether oxygens (including phenoxy) is 1. The Morgan fingerprint density at radius 1 is 1.33 bits per heavy atom. The fourth-order valence-electron chi connectivity index (χ4n) is 3.25. The number of hydrogen-bond donors (Lipinski definition) is 0. The van der Waals surface area contributed by atoms with Gasteiger partial charge >= 0.3 is 5.97 Å². The minimum Gasteiger partial charge on any atom is -0.451 e. The second-order valence-electron chi connectivity index (χ2n) is 6.77. The summed E-state index contributed by atoms with van der Waals surface area (Å²) in [7, 11) is 0. The summed E-state index contributed by atoms with van der Waals surface area (Å²) in [5.41, 5.74) is 1.92. The van der Waals surface area contributed by atoms with Crippen molar-refractivity contribution in [1.29, 1.82) is 5.26 Å². The third-order valence-electron chi connectivity index (χ3n) is 4.67. The van der Waals surface area contributed by atoms with Gasteiger partial charge in [0.05, 0.1) is 12.5 Å². The molecule has 6 heteroatoms. The molecule has 0 saturated carbocycles. The third kappa shape index (κ3) is 4.75. The number of anilines is 1. The summed E-state index contributed by atoms with van der Waals surface area (Å²) in [5.74, 6) is -0.152. The molecule has 5 nitrogen and oxygen atoms in total. The van der Waals surface area contributed by atoms with Crippen LogP contribution in [0.1, 0.15) is 39.9 Å². The summed E-state index contributed by atoms with van der Waals surface area (Å²) in [6.45, 7) is 2.15. The highest BCUT2D eigenvalue weighted by Gasteiger charge is 2.23. The first-order valence-corrected chi connectivity index (χ1v) is 9.91. The van der Waals surface area contributed by atoms with Crippen LogP contribution in [0.15, 0.2) is 36.4 Å². The molecule has 1 aliphatic rings. The number of thiophene rings is 1. The zero-order valence-electron chi connectivity index (χ0n) is 15.3. The maximum absolute atomic E-state index is 12.6. The van der Waals surface area contributed by atoms with Gasteiger partial charge in [0.15, 0.2) is 6.61 Å². The van der Waals surface area contributed by atoms with Gasteiger partial charge in [0, 0.05) is 17.1 Å². The standard InChI is InChI=1S/C21H22N2O3S/c1-15-8-9-18-16(12-15)13-19(27-18)21(25)26-14-20(24)23(11-5-10-22)17-6-3-2-4-7-17/h2-4,6-7,13,15H,5,8-9,11-12,14H2,1H3/t15-/m1/s1. The minimum atomic E-state index is -0.455. The third-order valence-corrected chi connectivity index (χ3v) is 5.89. The fraction of sp³-hybridized carbons (Fsp3) is 0.381. The maximum Gasteiger partial charge on any atom is 0.348 e. The van der Waals surface area contributed by atoms with E-state index in [0.29, 0.717) is 16.5 Å². The number of para-hydroxylation sites is 1. The minimum absolute atomic E-state index is 0.213. The van der Waals surface area contributed by atoms with Crippen LogP contribution in [-0.2, 0) is 22.4 Å². The average molecular weight is 382 g/mol. The van der Waals surface area contributed by atoms with Crippen molar-refractivity contribution in [2.45, 2.75) is 32.6 Å². The molecular formula is C21H22N2O3S. The molecule has 1 heterocycles. The number of carbonyl (C=O) groups is 2. The Morgan fingerprint density at radius 2 is 2.11 bits per heavy atom. The first-order valence-electron chi connectivity index (χ1n) is 9.09.